The Morgan fingerprint density at radius 2 is 2.31 bits per heavy atom. The van der Waals surface area contributed by atoms with Crippen molar-refractivity contribution in [2.45, 2.75) is 13.3 Å². The zero-order chi connectivity index (χ0) is 10.1. The zero-order valence-electron chi connectivity index (χ0n) is 8.64. The molecule has 0 aliphatic rings. The van der Waals surface area contributed by atoms with Gasteiger partial charge in [0.2, 0.25) is 0 Å². The summed E-state index contributed by atoms with van der Waals surface area (Å²) in [6.07, 6.45) is 0.598. The summed E-state index contributed by atoms with van der Waals surface area (Å²) in [7, 11) is 1.91. The smallest absolute Gasteiger partial charge is 0.0635 e. The molecule has 0 heterocycles. The minimum Gasteiger partial charge on any atom is -0.316 e. The van der Waals surface area contributed by atoms with Crippen LogP contribution in [0.5, 0.6) is 0 Å². The lowest BCUT2D eigenvalue weighted by Crippen LogP contribution is -2.29. The summed E-state index contributed by atoms with van der Waals surface area (Å²) >= 11 is 0. The first-order chi connectivity index (χ1) is 6.24. The van der Waals surface area contributed by atoms with Crippen molar-refractivity contribution in [3.8, 4) is 6.07 Å². The predicted molar refractivity (Wildman–Crippen MR) is 55.4 cm³/mol. The molecule has 0 bridgehead atoms. The number of nitriles is 1. The fourth-order valence-corrected chi connectivity index (χ4v) is 1.18. The van der Waals surface area contributed by atoms with Gasteiger partial charge in [-0.2, -0.15) is 5.26 Å². The van der Waals surface area contributed by atoms with Gasteiger partial charge in [0.15, 0.2) is 0 Å². The Bertz CT molecular complexity index is 181. The number of likely N-dealkylation sites (N-methyl/N-ethyl adjacent to an activating group) is 2. The SMILES string of the molecule is C=C(CNC)CN(CC)CCC#N. The van der Waals surface area contributed by atoms with Crippen molar-refractivity contribution in [2.75, 3.05) is 33.2 Å². The highest BCUT2D eigenvalue weighted by Gasteiger charge is 2.02. The van der Waals surface area contributed by atoms with Gasteiger partial charge in [-0.1, -0.05) is 13.5 Å². The molecule has 0 aliphatic carbocycles. The maximum Gasteiger partial charge on any atom is 0.0635 e. The Labute approximate surface area is 81.0 Å². The van der Waals surface area contributed by atoms with Gasteiger partial charge in [-0.15, -0.1) is 0 Å². The Hall–Kier alpha value is -0.850. The molecule has 0 amide bonds. The van der Waals surface area contributed by atoms with Crippen LogP contribution in [0.1, 0.15) is 13.3 Å². The van der Waals surface area contributed by atoms with Crippen LogP contribution in [0.4, 0.5) is 0 Å². The summed E-state index contributed by atoms with van der Waals surface area (Å²) in [4.78, 5) is 2.23. The van der Waals surface area contributed by atoms with Crippen molar-refractivity contribution in [3.05, 3.63) is 12.2 Å². The lowest BCUT2D eigenvalue weighted by molar-refractivity contribution is 0.318. The van der Waals surface area contributed by atoms with Gasteiger partial charge >= 0.3 is 0 Å². The first-order valence-electron chi connectivity index (χ1n) is 4.65. The Morgan fingerprint density at radius 1 is 1.62 bits per heavy atom. The summed E-state index contributed by atoms with van der Waals surface area (Å²) in [5.41, 5.74) is 1.17. The monoisotopic (exact) mass is 181 g/mol. The molecular formula is C10H19N3. The molecule has 0 spiro atoms. The number of hydrogen-bond donors (Lipinski definition) is 1. The maximum absolute atomic E-state index is 8.44. The second-order valence-electron chi connectivity index (χ2n) is 3.06. The minimum absolute atomic E-state index is 0.598. The van der Waals surface area contributed by atoms with Gasteiger partial charge in [0.1, 0.15) is 0 Å². The van der Waals surface area contributed by atoms with Gasteiger partial charge < -0.3 is 5.32 Å². The molecule has 74 valence electrons. The summed E-state index contributed by atoms with van der Waals surface area (Å²) < 4.78 is 0. The highest BCUT2D eigenvalue weighted by molar-refractivity contribution is 4.99. The molecule has 0 radical (unpaired) electrons. The maximum atomic E-state index is 8.44. The molecule has 13 heavy (non-hydrogen) atoms. The number of nitrogens with one attached hydrogen (secondary N) is 1. The number of nitrogens with zero attached hydrogens (tertiary/aromatic N) is 2. The third-order valence-corrected chi connectivity index (χ3v) is 1.86. The van der Waals surface area contributed by atoms with Crippen LogP contribution in [0.15, 0.2) is 12.2 Å². The van der Waals surface area contributed by atoms with Crippen molar-refractivity contribution < 1.29 is 0 Å². The number of rotatable bonds is 7. The van der Waals surface area contributed by atoms with Gasteiger partial charge in [-0.3, -0.25) is 4.90 Å². The van der Waals surface area contributed by atoms with Crippen LogP contribution < -0.4 is 5.32 Å². The van der Waals surface area contributed by atoms with Crippen LogP contribution in [-0.4, -0.2) is 38.1 Å². The van der Waals surface area contributed by atoms with E-state index in [9.17, 15) is 0 Å². The van der Waals surface area contributed by atoms with Crippen LogP contribution in [0, 0.1) is 11.3 Å². The van der Waals surface area contributed by atoms with Crippen molar-refractivity contribution in [3.63, 3.8) is 0 Å². The first-order valence-corrected chi connectivity index (χ1v) is 4.65. The molecule has 0 fully saturated rings. The summed E-state index contributed by atoms with van der Waals surface area (Å²) in [5, 5.41) is 11.5. The normalized spacial score (nSPS) is 10.0. The largest absolute Gasteiger partial charge is 0.316 e. The van der Waals surface area contributed by atoms with E-state index >= 15 is 0 Å². The average Bonchev–Trinajstić information content (AvgIpc) is 2.12. The quantitative estimate of drug-likeness (QED) is 0.595. The molecule has 0 saturated carbocycles. The fraction of sp³-hybridized carbons (Fsp3) is 0.700. The Balaban J connectivity index is 3.70. The van der Waals surface area contributed by atoms with Gasteiger partial charge in [0, 0.05) is 26.1 Å². The molecule has 0 aliphatic heterocycles. The zero-order valence-corrected chi connectivity index (χ0v) is 8.64. The van der Waals surface area contributed by atoms with E-state index in [4.69, 9.17) is 5.26 Å². The first kappa shape index (κ1) is 12.2. The average molecular weight is 181 g/mol. The van der Waals surface area contributed by atoms with E-state index in [0.29, 0.717) is 6.42 Å². The molecule has 1 N–H and O–H groups in total. The van der Waals surface area contributed by atoms with Crippen molar-refractivity contribution in [1.29, 1.82) is 5.26 Å². The second kappa shape index (κ2) is 7.78. The Morgan fingerprint density at radius 3 is 2.77 bits per heavy atom. The van der Waals surface area contributed by atoms with Crippen molar-refractivity contribution in [1.82, 2.24) is 10.2 Å². The van der Waals surface area contributed by atoms with Crippen LogP contribution >= 0.6 is 0 Å². The molecule has 0 aromatic rings. The molecule has 3 heteroatoms. The van der Waals surface area contributed by atoms with Crippen molar-refractivity contribution in [2.24, 2.45) is 0 Å². The predicted octanol–water partition coefficient (Wildman–Crippen LogP) is 0.998. The second-order valence-corrected chi connectivity index (χ2v) is 3.06. The van der Waals surface area contributed by atoms with Gasteiger partial charge in [-0.05, 0) is 19.2 Å². The van der Waals surface area contributed by atoms with E-state index < -0.39 is 0 Å². The molecular weight excluding hydrogens is 162 g/mol. The topological polar surface area (TPSA) is 39.1 Å². The van der Waals surface area contributed by atoms with Crippen LogP contribution in [0.25, 0.3) is 0 Å². The van der Waals surface area contributed by atoms with Crippen molar-refractivity contribution >= 4 is 0 Å². The standard InChI is InChI=1S/C10H19N3/c1-4-13(7-5-6-11)9-10(2)8-12-3/h12H,2,4-5,7-9H2,1,3H3. The van der Waals surface area contributed by atoms with Gasteiger partial charge in [0.05, 0.1) is 6.07 Å². The molecule has 0 atom stereocenters. The van der Waals surface area contributed by atoms with E-state index in [1.807, 2.05) is 7.05 Å². The lowest BCUT2D eigenvalue weighted by Gasteiger charge is -2.19. The molecule has 3 nitrogen and oxygen atoms in total. The Kier molecular flexibility index (Phi) is 7.27. The summed E-state index contributed by atoms with van der Waals surface area (Å²) in [6, 6.07) is 2.15. The number of hydrogen-bond acceptors (Lipinski definition) is 3. The highest BCUT2D eigenvalue weighted by atomic mass is 15.1. The van der Waals surface area contributed by atoms with Crippen LogP contribution in [0.2, 0.25) is 0 Å². The molecule has 0 unspecified atom stereocenters. The highest BCUT2D eigenvalue weighted by Crippen LogP contribution is 1.96. The molecule has 0 aromatic heterocycles. The van der Waals surface area contributed by atoms with Crippen LogP contribution in [-0.2, 0) is 0 Å². The summed E-state index contributed by atoms with van der Waals surface area (Å²) in [5.74, 6) is 0. The van der Waals surface area contributed by atoms with Gasteiger partial charge in [0.25, 0.3) is 0 Å². The van der Waals surface area contributed by atoms with E-state index in [2.05, 4.69) is 29.8 Å². The fourth-order valence-electron chi connectivity index (χ4n) is 1.18. The van der Waals surface area contributed by atoms with Gasteiger partial charge in [-0.25, -0.2) is 0 Å². The minimum atomic E-state index is 0.598. The molecule has 0 rings (SSSR count). The summed E-state index contributed by atoms with van der Waals surface area (Å²) in [6.45, 7) is 9.61. The third-order valence-electron chi connectivity index (χ3n) is 1.86. The molecule has 0 aromatic carbocycles. The lowest BCUT2D eigenvalue weighted by atomic mass is 10.2. The van der Waals surface area contributed by atoms with Crippen LogP contribution in [0.3, 0.4) is 0 Å². The van der Waals surface area contributed by atoms with E-state index in [1.165, 1.54) is 5.57 Å². The third kappa shape index (κ3) is 6.32. The molecule has 0 saturated heterocycles. The van der Waals surface area contributed by atoms with E-state index in [-0.39, 0.29) is 0 Å². The van der Waals surface area contributed by atoms with E-state index in [0.717, 1.165) is 26.2 Å². The van der Waals surface area contributed by atoms with E-state index in [1.54, 1.807) is 0 Å².